The van der Waals surface area contributed by atoms with Gasteiger partial charge in [-0.25, -0.2) is 17.1 Å². The third-order valence-corrected chi connectivity index (χ3v) is 7.83. The SMILES string of the molecule is CCS(=O)(=O)N1C[C@@H]2CN(C(=O)c3ccc(F)c(Cl)c3)C[C@]2(c2nc(C)no2)C1. The molecule has 0 unspecified atom stereocenters. The Hall–Kier alpha value is -2.04. The molecule has 156 valence electrons. The van der Waals surface area contributed by atoms with Crippen LogP contribution in [0.15, 0.2) is 22.7 Å². The highest BCUT2D eigenvalue weighted by Gasteiger charge is 2.59. The summed E-state index contributed by atoms with van der Waals surface area (Å²) in [6.07, 6.45) is 0. The zero-order valence-corrected chi connectivity index (χ0v) is 17.5. The molecule has 1 aromatic heterocycles. The van der Waals surface area contributed by atoms with E-state index in [2.05, 4.69) is 10.1 Å². The molecule has 29 heavy (non-hydrogen) atoms. The minimum absolute atomic E-state index is 0.00458. The van der Waals surface area contributed by atoms with Crippen molar-refractivity contribution in [1.82, 2.24) is 19.3 Å². The van der Waals surface area contributed by atoms with E-state index in [1.807, 2.05) is 0 Å². The topological polar surface area (TPSA) is 96.6 Å². The second-order valence-electron chi connectivity index (χ2n) is 7.51. The minimum Gasteiger partial charge on any atom is -0.339 e. The smallest absolute Gasteiger partial charge is 0.253 e. The van der Waals surface area contributed by atoms with Gasteiger partial charge in [0.1, 0.15) is 5.82 Å². The number of carbonyl (C=O) groups is 1. The standard InChI is InChI=1S/C18H20ClFN4O4S/c1-3-29(26,27)24-8-13-7-23(16(25)12-4-5-15(20)14(19)6-12)9-18(13,10-24)17-21-11(2)22-28-17/h4-6,13H,3,7-10H2,1-2H3/t13-,18-/m0/s1. The third-order valence-electron chi connectivity index (χ3n) is 5.74. The first-order chi connectivity index (χ1) is 13.7. The summed E-state index contributed by atoms with van der Waals surface area (Å²) in [6.45, 7) is 4.27. The average Bonchev–Trinajstić information content (AvgIpc) is 3.36. The van der Waals surface area contributed by atoms with E-state index in [0.29, 0.717) is 18.3 Å². The molecule has 1 aromatic carbocycles. The zero-order chi connectivity index (χ0) is 21.0. The van der Waals surface area contributed by atoms with Crippen molar-refractivity contribution in [2.24, 2.45) is 5.92 Å². The van der Waals surface area contributed by atoms with Crippen LogP contribution in [0.1, 0.15) is 29.0 Å². The van der Waals surface area contributed by atoms with Crippen molar-refractivity contribution in [2.45, 2.75) is 19.3 Å². The average molecular weight is 443 g/mol. The Labute approximate surface area is 172 Å². The summed E-state index contributed by atoms with van der Waals surface area (Å²) in [4.78, 5) is 19.0. The lowest BCUT2D eigenvalue weighted by Crippen LogP contribution is -2.41. The molecule has 2 aromatic rings. The van der Waals surface area contributed by atoms with E-state index in [1.54, 1.807) is 18.7 Å². The number of fused-ring (bicyclic) bond motifs is 1. The number of amides is 1. The molecule has 0 spiro atoms. The highest BCUT2D eigenvalue weighted by Crippen LogP contribution is 2.45. The maximum atomic E-state index is 13.5. The lowest BCUT2D eigenvalue weighted by atomic mass is 9.81. The fourth-order valence-corrected chi connectivity index (χ4v) is 5.56. The summed E-state index contributed by atoms with van der Waals surface area (Å²) >= 11 is 5.82. The van der Waals surface area contributed by atoms with Crippen LogP contribution in [0.5, 0.6) is 0 Å². The summed E-state index contributed by atoms with van der Waals surface area (Å²) in [5.41, 5.74) is -0.505. The summed E-state index contributed by atoms with van der Waals surface area (Å²) in [5, 5.41) is 3.73. The van der Waals surface area contributed by atoms with Gasteiger partial charge in [-0.1, -0.05) is 16.8 Å². The van der Waals surface area contributed by atoms with Crippen LogP contribution < -0.4 is 0 Å². The summed E-state index contributed by atoms with van der Waals surface area (Å²) < 4.78 is 45.2. The van der Waals surface area contributed by atoms with Crippen molar-refractivity contribution in [3.8, 4) is 0 Å². The van der Waals surface area contributed by atoms with E-state index in [-0.39, 0.29) is 47.8 Å². The predicted octanol–water partition coefficient (Wildman–Crippen LogP) is 1.85. The van der Waals surface area contributed by atoms with E-state index in [9.17, 15) is 17.6 Å². The molecule has 3 heterocycles. The van der Waals surface area contributed by atoms with Gasteiger partial charge >= 0.3 is 0 Å². The van der Waals surface area contributed by atoms with Crippen LogP contribution in [-0.4, -0.2) is 65.6 Å². The Bertz CT molecular complexity index is 1080. The fourth-order valence-electron chi connectivity index (χ4n) is 4.18. The molecule has 11 heteroatoms. The van der Waals surface area contributed by atoms with Gasteiger partial charge in [0.25, 0.3) is 5.91 Å². The molecule has 8 nitrogen and oxygen atoms in total. The molecule has 2 saturated heterocycles. The predicted molar refractivity (Wildman–Crippen MR) is 103 cm³/mol. The van der Waals surface area contributed by atoms with E-state index in [1.165, 1.54) is 16.4 Å². The highest BCUT2D eigenvalue weighted by molar-refractivity contribution is 7.89. The molecule has 2 aliphatic rings. The Morgan fingerprint density at radius 1 is 1.38 bits per heavy atom. The Morgan fingerprint density at radius 3 is 2.76 bits per heavy atom. The molecule has 4 rings (SSSR count). The van der Waals surface area contributed by atoms with Crippen LogP contribution in [0.25, 0.3) is 0 Å². The number of hydrogen-bond acceptors (Lipinski definition) is 6. The lowest BCUT2D eigenvalue weighted by Gasteiger charge is -2.25. The zero-order valence-electron chi connectivity index (χ0n) is 15.9. The highest BCUT2D eigenvalue weighted by atomic mass is 35.5. The van der Waals surface area contributed by atoms with Crippen LogP contribution >= 0.6 is 11.6 Å². The monoisotopic (exact) mass is 442 g/mol. The second-order valence-corrected chi connectivity index (χ2v) is 10.2. The van der Waals surface area contributed by atoms with Crippen LogP contribution in [0.3, 0.4) is 0 Å². The number of nitrogens with zero attached hydrogens (tertiary/aromatic N) is 4. The molecule has 2 aliphatic heterocycles. The quantitative estimate of drug-likeness (QED) is 0.716. The third kappa shape index (κ3) is 3.32. The summed E-state index contributed by atoms with van der Waals surface area (Å²) in [6, 6.07) is 3.83. The lowest BCUT2D eigenvalue weighted by molar-refractivity contribution is 0.0773. The van der Waals surface area contributed by atoms with Crippen LogP contribution in [0.4, 0.5) is 4.39 Å². The number of halogens is 2. The maximum absolute atomic E-state index is 13.5. The number of aryl methyl sites for hydroxylation is 1. The van der Waals surface area contributed by atoms with Crippen LogP contribution in [0, 0.1) is 18.7 Å². The second kappa shape index (κ2) is 7.03. The van der Waals surface area contributed by atoms with E-state index < -0.39 is 21.3 Å². The van der Waals surface area contributed by atoms with Crippen molar-refractivity contribution in [3.05, 3.63) is 46.3 Å². The molecule has 2 fully saturated rings. The molecule has 0 saturated carbocycles. The molecule has 0 bridgehead atoms. The molecule has 1 amide bonds. The molecular weight excluding hydrogens is 423 g/mol. The van der Waals surface area contributed by atoms with Gasteiger partial charge in [0.2, 0.25) is 15.9 Å². The molecule has 0 N–H and O–H groups in total. The fraction of sp³-hybridized carbons (Fsp3) is 0.500. The molecule has 0 radical (unpaired) electrons. The van der Waals surface area contributed by atoms with Gasteiger partial charge in [0, 0.05) is 37.7 Å². The number of carbonyl (C=O) groups excluding carboxylic acids is 1. The van der Waals surface area contributed by atoms with Crippen molar-refractivity contribution >= 4 is 27.5 Å². The summed E-state index contributed by atoms with van der Waals surface area (Å²) in [5.74, 6) is -0.318. The van der Waals surface area contributed by atoms with Crippen molar-refractivity contribution < 1.29 is 22.1 Å². The van der Waals surface area contributed by atoms with Gasteiger partial charge in [0.15, 0.2) is 5.82 Å². The van der Waals surface area contributed by atoms with Crippen molar-refractivity contribution in [2.75, 3.05) is 31.9 Å². The number of rotatable bonds is 4. The number of benzene rings is 1. The van der Waals surface area contributed by atoms with E-state index >= 15 is 0 Å². The van der Waals surface area contributed by atoms with Crippen LogP contribution in [0.2, 0.25) is 5.02 Å². The number of hydrogen-bond donors (Lipinski definition) is 0. The summed E-state index contributed by atoms with van der Waals surface area (Å²) in [7, 11) is -3.40. The van der Waals surface area contributed by atoms with Crippen molar-refractivity contribution in [3.63, 3.8) is 0 Å². The Morgan fingerprint density at radius 2 is 2.14 bits per heavy atom. The molecular formula is C18H20ClFN4O4S. The van der Waals surface area contributed by atoms with E-state index in [4.69, 9.17) is 16.1 Å². The van der Waals surface area contributed by atoms with Crippen LogP contribution in [-0.2, 0) is 15.4 Å². The van der Waals surface area contributed by atoms with Gasteiger partial charge in [-0.2, -0.15) is 4.98 Å². The maximum Gasteiger partial charge on any atom is 0.253 e. The van der Waals surface area contributed by atoms with Gasteiger partial charge in [-0.05, 0) is 32.0 Å². The first-order valence-corrected chi connectivity index (χ1v) is 11.2. The minimum atomic E-state index is -3.40. The van der Waals surface area contributed by atoms with E-state index in [0.717, 1.165) is 6.07 Å². The number of aromatic nitrogens is 2. The van der Waals surface area contributed by atoms with Gasteiger partial charge in [0.05, 0.1) is 16.2 Å². The number of likely N-dealkylation sites (tertiary alicyclic amines) is 1. The van der Waals surface area contributed by atoms with Gasteiger partial charge in [-0.15, -0.1) is 0 Å². The Balaban J connectivity index is 1.67. The first-order valence-electron chi connectivity index (χ1n) is 9.19. The van der Waals surface area contributed by atoms with Crippen molar-refractivity contribution in [1.29, 1.82) is 0 Å². The largest absolute Gasteiger partial charge is 0.339 e. The number of sulfonamides is 1. The Kier molecular flexibility index (Phi) is 4.91. The normalized spacial score (nSPS) is 24.8. The molecule has 2 atom stereocenters. The van der Waals surface area contributed by atoms with Gasteiger partial charge < -0.3 is 9.42 Å². The van der Waals surface area contributed by atoms with Gasteiger partial charge in [-0.3, -0.25) is 4.79 Å². The first kappa shape index (κ1) is 20.2. The molecule has 0 aliphatic carbocycles.